The quantitative estimate of drug-likeness (QED) is 0.492. The summed E-state index contributed by atoms with van der Waals surface area (Å²) in [5.74, 6) is -0.215. The highest BCUT2D eigenvalue weighted by Gasteiger charge is 2.30. The number of rotatable bonds is 6. The zero-order chi connectivity index (χ0) is 25.8. The molecule has 1 aliphatic rings. The Morgan fingerprint density at radius 2 is 1.74 bits per heavy atom. The Balaban J connectivity index is 0.000000242. The van der Waals surface area contributed by atoms with Gasteiger partial charge in [-0.15, -0.1) is 0 Å². The van der Waals surface area contributed by atoms with Crippen LogP contribution in [0.4, 0.5) is 17.1 Å². The molecular weight excluding hydrogens is 420 g/mol. The number of hydrogen-bond acceptors (Lipinski definition) is 11. The average molecular weight is 441 g/mol. The van der Waals surface area contributed by atoms with Crippen molar-refractivity contribution in [1.82, 2.24) is 0 Å². The van der Waals surface area contributed by atoms with E-state index in [0.717, 1.165) is 5.56 Å². The summed E-state index contributed by atoms with van der Waals surface area (Å²) in [5, 5.41) is 40.2. The fourth-order valence-corrected chi connectivity index (χ4v) is 2.57. The summed E-state index contributed by atoms with van der Waals surface area (Å²) < 4.78 is 36.8. The lowest BCUT2D eigenvalue weighted by molar-refractivity contribution is -0.404. The van der Waals surface area contributed by atoms with Gasteiger partial charge in [0.2, 0.25) is 12.5 Å². The Hall–Kier alpha value is -4.20. The monoisotopic (exact) mass is 441 g/mol. The van der Waals surface area contributed by atoms with Crippen LogP contribution in [0, 0.1) is 30.3 Å². The van der Waals surface area contributed by atoms with E-state index in [-0.39, 0.29) is 18.6 Å². The molecule has 3 N–H and O–H groups in total. The van der Waals surface area contributed by atoms with Crippen LogP contribution in [0.3, 0.4) is 0 Å². The maximum Gasteiger partial charge on any atom is 0.324 e. The first-order chi connectivity index (χ1) is 15.7. The van der Waals surface area contributed by atoms with Gasteiger partial charge in [0.25, 0.3) is 11.4 Å². The van der Waals surface area contributed by atoms with Gasteiger partial charge >= 0.3 is 11.4 Å². The first-order valence-electron chi connectivity index (χ1n) is 9.87. The highest BCUT2D eigenvalue weighted by Crippen LogP contribution is 2.42. The van der Waals surface area contributed by atoms with Crippen molar-refractivity contribution in [1.29, 1.82) is 0 Å². The van der Waals surface area contributed by atoms with Gasteiger partial charge in [-0.2, -0.15) is 0 Å². The number of benzene rings is 2. The van der Waals surface area contributed by atoms with E-state index < -0.39 is 44.6 Å². The predicted molar refractivity (Wildman–Crippen MR) is 105 cm³/mol. The maximum atomic E-state index is 10.4. The minimum Gasteiger partial charge on any atom is -0.497 e. The molecule has 166 valence electrons. The van der Waals surface area contributed by atoms with Gasteiger partial charge in [-0.05, 0) is 31.0 Å². The lowest BCUT2D eigenvalue weighted by Gasteiger charge is -2.09. The predicted octanol–water partition coefficient (Wildman–Crippen LogP) is 2.43. The van der Waals surface area contributed by atoms with Crippen LogP contribution in [-0.2, 0) is 6.42 Å². The van der Waals surface area contributed by atoms with E-state index in [1.54, 1.807) is 12.1 Å². The lowest BCUT2D eigenvalue weighted by Crippen LogP contribution is -2.17. The van der Waals surface area contributed by atoms with Crippen LogP contribution >= 0.6 is 0 Å². The van der Waals surface area contributed by atoms with Gasteiger partial charge in [0.05, 0.1) is 38.1 Å². The van der Waals surface area contributed by atoms with Crippen molar-refractivity contribution in [2.24, 2.45) is 5.73 Å². The van der Waals surface area contributed by atoms with Crippen molar-refractivity contribution < 1.29 is 38.2 Å². The number of methoxy groups -OCH3 is 1. The number of nitrogens with two attached hydrogens (primary N) is 1. The number of phenolic OH excluding ortho intramolecular Hbond substituents is 1. The summed E-state index contributed by atoms with van der Waals surface area (Å²) in [7, 11) is -2.52. The number of hydrogen-bond donors (Lipinski definition) is 2. The summed E-state index contributed by atoms with van der Waals surface area (Å²) in [5.41, 5.74) is 3.58. The van der Waals surface area contributed by atoms with Crippen LogP contribution in [0.2, 0.25) is 0 Å². The van der Waals surface area contributed by atoms with Crippen LogP contribution in [0.15, 0.2) is 24.3 Å². The van der Waals surface area contributed by atoms with E-state index >= 15 is 0 Å². The topological polar surface area (TPSA) is 203 Å². The van der Waals surface area contributed by atoms with Crippen LogP contribution in [0.1, 0.15) is 16.6 Å². The normalized spacial score (nSPS) is 14.2. The van der Waals surface area contributed by atoms with Gasteiger partial charge < -0.3 is 25.1 Å². The van der Waals surface area contributed by atoms with Crippen molar-refractivity contribution in [2.45, 2.75) is 19.4 Å². The van der Waals surface area contributed by atoms with Gasteiger partial charge in [-0.25, -0.2) is 0 Å². The molecule has 0 fully saturated rings. The molecular formula is C17H18N4O10. The van der Waals surface area contributed by atoms with Crippen LogP contribution in [0.25, 0.3) is 0 Å². The molecule has 1 aliphatic heterocycles. The first-order valence-corrected chi connectivity index (χ1v) is 8.37. The van der Waals surface area contributed by atoms with Gasteiger partial charge in [-0.3, -0.25) is 30.3 Å². The maximum absolute atomic E-state index is 10.4. The number of ether oxygens (including phenoxy) is 3. The third-order valence-corrected chi connectivity index (χ3v) is 3.82. The molecule has 0 saturated heterocycles. The molecule has 0 aromatic heterocycles. The van der Waals surface area contributed by atoms with Crippen LogP contribution in [-0.4, -0.2) is 39.7 Å². The standard InChI is InChI=1S/C11H15NO3.C6H3N3O7/c1-7(12)3-8-4-9(13-2)11-10(5-8)14-6-15-11;10-6-4(8(13)14)1-3(7(11)12)2-5(6)9(15)16/h4-5,7H,3,6,12H2,1-2H3;1-2,10H/i2D3;. The lowest BCUT2D eigenvalue weighted by atomic mass is 10.1. The highest BCUT2D eigenvalue weighted by molar-refractivity contribution is 5.64. The largest absolute Gasteiger partial charge is 0.497 e. The SMILES string of the molecule is O=[N+]([O-])c1cc([N+](=O)[O-])c(O)c([N+](=O)[O-])c1.[2H]C([2H])([2H])Oc1cc(CC(C)N)cc2c1OCO2. The number of nitrogens with zero attached hydrogens (tertiary/aromatic N) is 3. The molecule has 0 bridgehead atoms. The van der Waals surface area contributed by atoms with Crippen molar-refractivity contribution >= 4 is 17.1 Å². The molecule has 1 heterocycles. The third kappa shape index (κ3) is 5.45. The van der Waals surface area contributed by atoms with Crippen molar-refractivity contribution in [2.75, 3.05) is 13.8 Å². The van der Waals surface area contributed by atoms with E-state index in [1.165, 1.54) is 0 Å². The summed E-state index contributed by atoms with van der Waals surface area (Å²) in [6.45, 7) is 1.93. The summed E-state index contributed by atoms with van der Waals surface area (Å²) >= 11 is 0. The molecule has 0 aliphatic carbocycles. The van der Waals surface area contributed by atoms with Gasteiger partial charge in [0, 0.05) is 6.04 Å². The molecule has 2 aromatic carbocycles. The molecule has 1 atom stereocenters. The molecule has 2 aromatic rings. The highest BCUT2D eigenvalue weighted by atomic mass is 16.7. The van der Waals surface area contributed by atoms with E-state index in [9.17, 15) is 30.3 Å². The Morgan fingerprint density at radius 3 is 2.23 bits per heavy atom. The first kappa shape index (κ1) is 18.8. The molecule has 0 spiro atoms. The molecule has 14 nitrogen and oxygen atoms in total. The minimum absolute atomic E-state index is 0.0361. The molecule has 1 unspecified atom stereocenters. The fraction of sp³-hybridized carbons (Fsp3) is 0.294. The molecule has 0 saturated carbocycles. The van der Waals surface area contributed by atoms with Gasteiger partial charge in [-0.1, -0.05) is 0 Å². The summed E-state index contributed by atoms with van der Waals surface area (Å²) in [6.07, 6.45) is 0.605. The number of fused-ring (bicyclic) bond motifs is 1. The van der Waals surface area contributed by atoms with E-state index in [1.807, 2.05) is 6.92 Å². The number of aromatic hydroxyl groups is 1. The number of nitro benzene ring substituents is 3. The van der Waals surface area contributed by atoms with Crippen LogP contribution in [0.5, 0.6) is 23.0 Å². The second-order valence-corrected chi connectivity index (χ2v) is 6.22. The van der Waals surface area contributed by atoms with E-state index in [2.05, 4.69) is 0 Å². The molecule has 3 rings (SSSR count). The second kappa shape index (κ2) is 9.53. The third-order valence-electron chi connectivity index (χ3n) is 3.82. The molecule has 31 heavy (non-hydrogen) atoms. The second-order valence-electron chi connectivity index (χ2n) is 6.22. The molecule has 0 amide bonds. The van der Waals surface area contributed by atoms with Crippen molar-refractivity contribution in [3.63, 3.8) is 0 Å². The Bertz CT molecular complexity index is 1090. The van der Waals surface area contributed by atoms with Gasteiger partial charge in [0.1, 0.15) is 0 Å². The van der Waals surface area contributed by atoms with Crippen molar-refractivity contribution in [3.05, 3.63) is 60.2 Å². The zero-order valence-electron chi connectivity index (χ0n) is 18.8. The summed E-state index contributed by atoms with van der Waals surface area (Å²) in [4.78, 5) is 27.8. The Morgan fingerprint density at radius 1 is 1.13 bits per heavy atom. The molecule has 14 heteroatoms. The Labute approximate surface area is 178 Å². The average Bonchev–Trinajstić information content (AvgIpc) is 3.15. The molecule has 0 radical (unpaired) electrons. The minimum atomic E-state index is -2.52. The van der Waals surface area contributed by atoms with Crippen LogP contribution < -0.4 is 19.9 Å². The smallest absolute Gasteiger partial charge is 0.324 e. The van der Waals surface area contributed by atoms with E-state index in [0.29, 0.717) is 30.1 Å². The summed E-state index contributed by atoms with van der Waals surface area (Å²) in [6, 6.07) is 4.28. The van der Waals surface area contributed by atoms with Gasteiger partial charge in [0.15, 0.2) is 11.5 Å². The zero-order valence-corrected chi connectivity index (χ0v) is 15.8. The fourth-order valence-electron chi connectivity index (χ4n) is 2.57. The number of non-ortho nitro benzene ring substituents is 1. The number of phenols is 1. The van der Waals surface area contributed by atoms with Crippen molar-refractivity contribution in [3.8, 4) is 23.0 Å². The Kier molecular flexibility index (Phi) is 5.78. The van der Waals surface area contributed by atoms with E-state index in [4.69, 9.17) is 29.2 Å². The number of nitro groups is 3.